The number of aryl methyl sites for hydroxylation is 1. The third-order valence-electron chi connectivity index (χ3n) is 7.69. The first-order valence-electron chi connectivity index (χ1n) is 13.2. The summed E-state index contributed by atoms with van der Waals surface area (Å²) in [7, 11) is 3.15. The van der Waals surface area contributed by atoms with E-state index in [0.29, 0.717) is 57.3 Å². The van der Waals surface area contributed by atoms with Crippen LogP contribution in [0, 0.1) is 17.7 Å². The van der Waals surface area contributed by atoms with Crippen LogP contribution in [0.1, 0.15) is 49.3 Å². The van der Waals surface area contributed by atoms with Gasteiger partial charge in [-0.05, 0) is 54.7 Å². The first-order valence-corrected chi connectivity index (χ1v) is 13.6. The van der Waals surface area contributed by atoms with Crippen molar-refractivity contribution in [3.05, 3.63) is 105 Å². The van der Waals surface area contributed by atoms with Crippen molar-refractivity contribution < 1.29 is 19.4 Å². The Morgan fingerprint density at radius 3 is 2.40 bits per heavy atom. The molecule has 3 aromatic rings. The van der Waals surface area contributed by atoms with Gasteiger partial charge in [-0.2, -0.15) is 0 Å². The maximum Gasteiger partial charge on any atom is 0.162 e. The summed E-state index contributed by atoms with van der Waals surface area (Å²) in [6.07, 6.45) is 0.897. The first-order chi connectivity index (χ1) is 19.1. The monoisotopic (exact) mass is 556 g/mol. The van der Waals surface area contributed by atoms with Crippen LogP contribution in [-0.2, 0) is 4.79 Å². The Kier molecular flexibility index (Phi) is 7.23. The fourth-order valence-corrected chi connectivity index (χ4v) is 5.92. The van der Waals surface area contributed by atoms with Crippen molar-refractivity contribution in [1.29, 1.82) is 5.41 Å². The number of nitrogens with zero attached hydrogens (tertiary/aromatic N) is 1. The van der Waals surface area contributed by atoms with Crippen molar-refractivity contribution in [1.82, 2.24) is 0 Å². The van der Waals surface area contributed by atoms with Gasteiger partial charge in [0.15, 0.2) is 5.78 Å². The first kappa shape index (κ1) is 27.5. The molecule has 6 nitrogen and oxygen atoms in total. The minimum absolute atomic E-state index is 0.0322. The van der Waals surface area contributed by atoms with Crippen LogP contribution in [0.5, 0.6) is 11.5 Å². The van der Waals surface area contributed by atoms with E-state index in [4.69, 9.17) is 21.1 Å². The number of methoxy groups -OCH3 is 2. The molecule has 0 spiro atoms. The number of rotatable bonds is 5. The molecular formula is C33H33ClN2O4. The fraction of sp³-hybridized carbons (Fsp3) is 0.273. The van der Waals surface area contributed by atoms with Crippen LogP contribution in [0.4, 0.5) is 5.69 Å². The Morgan fingerprint density at radius 1 is 1.02 bits per heavy atom. The number of nitrogens with one attached hydrogen (secondary N) is 1. The van der Waals surface area contributed by atoms with Crippen molar-refractivity contribution in [2.24, 2.45) is 5.41 Å². The average molecular weight is 557 g/mol. The lowest BCUT2D eigenvalue weighted by atomic mass is 9.67. The number of hydrogen-bond donors (Lipinski definition) is 2. The molecule has 1 aliphatic carbocycles. The summed E-state index contributed by atoms with van der Waals surface area (Å²) in [4.78, 5) is 15.9. The van der Waals surface area contributed by atoms with E-state index in [-0.39, 0.29) is 22.8 Å². The van der Waals surface area contributed by atoms with Crippen LogP contribution in [0.15, 0.2) is 83.6 Å². The molecule has 206 valence electrons. The molecule has 0 fully saturated rings. The molecule has 1 aliphatic heterocycles. The predicted octanol–water partition coefficient (Wildman–Crippen LogP) is 7.86. The van der Waals surface area contributed by atoms with E-state index in [0.717, 1.165) is 11.3 Å². The van der Waals surface area contributed by atoms with E-state index in [9.17, 15) is 15.3 Å². The van der Waals surface area contributed by atoms with Gasteiger partial charge in [0.25, 0.3) is 0 Å². The standard InChI is InChI=1S/C33H33ClN2O4/c1-19-11-12-21(15-24(19)34)36-25-17-33(2,3)18-26(37)29(25)28(23-16-22(39-4)13-14-27(23)40-5)30(32(36)35)31(38)20-9-7-6-8-10-20/h6-16,28,35,38H,17-18H2,1-5H3/b31-30+,35-32?/t28-/m1/s1. The number of aliphatic hydroxyl groups excluding tert-OH is 1. The Balaban J connectivity index is 1.90. The van der Waals surface area contributed by atoms with E-state index in [2.05, 4.69) is 13.8 Å². The van der Waals surface area contributed by atoms with Crippen LogP contribution in [0.3, 0.4) is 0 Å². The summed E-state index contributed by atoms with van der Waals surface area (Å²) in [5.74, 6) is 0.324. The second kappa shape index (κ2) is 10.5. The number of amidine groups is 1. The minimum Gasteiger partial charge on any atom is -0.507 e. The zero-order chi connectivity index (χ0) is 28.8. The molecule has 0 aromatic heterocycles. The molecule has 7 heteroatoms. The number of ketones is 1. The van der Waals surface area contributed by atoms with Gasteiger partial charge in [-0.15, -0.1) is 0 Å². The molecule has 1 heterocycles. The van der Waals surface area contributed by atoms with Crippen molar-refractivity contribution in [2.75, 3.05) is 19.1 Å². The maximum atomic E-state index is 14.1. The van der Waals surface area contributed by atoms with E-state index in [1.54, 1.807) is 43.4 Å². The molecule has 0 bridgehead atoms. The molecule has 0 amide bonds. The van der Waals surface area contributed by atoms with Crippen molar-refractivity contribution in [2.45, 2.75) is 39.5 Å². The van der Waals surface area contributed by atoms with Crippen LogP contribution >= 0.6 is 11.6 Å². The Labute approximate surface area is 240 Å². The summed E-state index contributed by atoms with van der Waals surface area (Å²) < 4.78 is 11.3. The van der Waals surface area contributed by atoms with Gasteiger partial charge < -0.3 is 14.6 Å². The largest absolute Gasteiger partial charge is 0.507 e. The summed E-state index contributed by atoms with van der Waals surface area (Å²) >= 11 is 6.56. The number of ether oxygens (including phenoxy) is 2. The highest BCUT2D eigenvalue weighted by Gasteiger charge is 2.47. The normalized spacial score (nSPS) is 19.9. The quantitative estimate of drug-likeness (QED) is 0.312. The second-order valence-corrected chi connectivity index (χ2v) is 11.5. The second-order valence-electron chi connectivity index (χ2n) is 11.1. The highest BCUT2D eigenvalue weighted by molar-refractivity contribution is 6.32. The lowest BCUT2D eigenvalue weighted by Crippen LogP contribution is -2.45. The number of hydrogen-bond acceptors (Lipinski definition) is 5. The number of carbonyl (C=O) groups excluding carboxylic acids is 1. The van der Waals surface area contributed by atoms with Gasteiger partial charge in [0.2, 0.25) is 0 Å². The van der Waals surface area contributed by atoms with Gasteiger partial charge in [-0.25, -0.2) is 0 Å². The van der Waals surface area contributed by atoms with Gasteiger partial charge >= 0.3 is 0 Å². The number of carbonyl (C=O) groups is 1. The lowest BCUT2D eigenvalue weighted by molar-refractivity contribution is -0.118. The molecule has 0 unspecified atom stereocenters. The number of Topliss-reactive ketones (excluding diaryl/α,β-unsaturated/α-hetero) is 1. The highest BCUT2D eigenvalue weighted by Crippen LogP contribution is 2.53. The van der Waals surface area contributed by atoms with E-state index >= 15 is 0 Å². The zero-order valence-corrected chi connectivity index (χ0v) is 24.1. The van der Waals surface area contributed by atoms with Gasteiger partial charge in [-0.3, -0.25) is 15.1 Å². The molecule has 0 radical (unpaired) electrons. The Hall–Kier alpha value is -4.03. The highest BCUT2D eigenvalue weighted by atomic mass is 35.5. The minimum atomic E-state index is -0.756. The van der Waals surface area contributed by atoms with E-state index in [1.165, 1.54) is 0 Å². The molecule has 0 saturated carbocycles. The molecule has 2 aliphatic rings. The van der Waals surface area contributed by atoms with Gasteiger partial charge in [0.1, 0.15) is 23.1 Å². The molecule has 3 aromatic carbocycles. The van der Waals surface area contributed by atoms with Crippen molar-refractivity contribution in [3.63, 3.8) is 0 Å². The van der Waals surface area contributed by atoms with E-state index in [1.807, 2.05) is 49.4 Å². The lowest BCUT2D eigenvalue weighted by Gasteiger charge is -2.45. The molecule has 5 rings (SSSR count). The van der Waals surface area contributed by atoms with Crippen LogP contribution in [0.25, 0.3) is 5.76 Å². The van der Waals surface area contributed by atoms with Crippen LogP contribution < -0.4 is 14.4 Å². The summed E-state index contributed by atoms with van der Waals surface area (Å²) in [5.41, 5.74) is 4.00. The predicted molar refractivity (Wildman–Crippen MR) is 160 cm³/mol. The zero-order valence-electron chi connectivity index (χ0n) is 23.3. The third kappa shape index (κ3) is 4.77. The number of anilines is 1. The molecule has 40 heavy (non-hydrogen) atoms. The SMILES string of the molecule is COc1ccc(OC)c([C@@H]2C3=C(CC(C)(C)CC3=O)N(c3ccc(C)c(Cl)c3)C(=N)/C2=C(/O)c2ccccc2)c1. The fourth-order valence-electron chi connectivity index (χ4n) is 5.75. The molecule has 2 N–H and O–H groups in total. The van der Waals surface area contributed by atoms with Crippen molar-refractivity contribution in [3.8, 4) is 11.5 Å². The van der Waals surface area contributed by atoms with Crippen LogP contribution in [-0.4, -0.2) is 30.9 Å². The maximum absolute atomic E-state index is 14.1. The average Bonchev–Trinajstić information content (AvgIpc) is 2.93. The number of aliphatic hydroxyl groups is 1. The topological polar surface area (TPSA) is 82.9 Å². The van der Waals surface area contributed by atoms with Gasteiger partial charge in [-0.1, -0.05) is 61.8 Å². The Morgan fingerprint density at radius 2 is 1.75 bits per heavy atom. The summed E-state index contributed by atoms with van der Waals surface area (Å²) in [5, 5.41) is 22.0. The van der Waals surface area contributed by atoms with Gasteiger partial charge in [0, 0.05) is 45.1 Å². The molecule has 0 saturated heterocycles. The van der Waals surface area contributed by atoms with Gasteiger partial charge in [0.05, 0.1) is 20.1 Å². The number of benzene rings is 3. The number of halogens is 1. The molecular weight excluding hydrogens is 524 g/mol. The van der Waals surface area contributed by atoms with E-state index < -0.39 is 5.92 Å². The Bertz CT molecular complexity index is 1570. The van der Waals surface area contributed by atoms with Crippen molar-refractivity contribution >= 4 is 34.7 Å². The smallest absolute Gasteiger partial charge is 0.162 e. The summed E-state index contributed by atoms with van der Waals surface area (Å²) in [6.45, 7) is 6.04. The number of allylic oxidation sites excluding steroid dienone is 2. The summed E-state index contributed by atoms with van der Waals surface area (Å²) in [6, 6.07) is 20.1. The molecule has 1 atom stereocenters. The third-order valence-corrected chi connectivity index (χ3v) is 8.09. The van der Waals surface area contributed by atoms with Crippen LogP contribution in [0.2, 0.25) is 5.02 Å².